The Morgan fingerprint density at radius 3 is 2.43 bits per heavy atom. The Morgan fingerprint density at radius 2 is 1.74 bits per heavy atom. The van der Waals surface area contributed by atoms with Gasteiger partial charge in [-0.2, -0.15) is 0 Å². The molecule has 7 atom stereocenters. The van der Waals surface area contributed by atoms with Crippen LogP contribution in [0.3, 0.4) is 0 Å². The lowest BCUT2D eigenvalue weighted by Crippen LogP contribution is -2.55. The zero-order valence-electron chi connectivity index (χ0n) is 26.2. The predicted octanol–water partition coefficient (Wildman–Crippen LogP) is 2.65. The number of hydrogen-bond acceptors (Lipinski definition) is 8. The molecule has 4 aliphatic rings. The SMILES string of the molecule is COc1ccc(N2CC=C[C@]34O[C@@H]5/C=C\CCC(=O)N(C)[C@H](C)[C@@H](c6ccccc6)OC(=O)[C@@H]5[C@H]3C(=O)N(CCO)[C@@H]4C2=O)cc1. The molecule has 2 fully saturated rings. The molecule has 0 aromatic heterocycles. The number of likely N-dealkylation sites (tertiary alicyclic amines) is 1. The summed E-state index contributed by atoms with van der Waals surface area (Å²) in [5.41, 5.74) is -0.188. The van der Waals surface area contributed by atoms with Gasteiger partial charge in [-0.15, -0.1) is 0 Å². The molecule has 2 aromatic carbocycles. The number of cyclic esters (lactones) is 1. The van der Waals surface area contributed by atoms with Crippen LogP contribution in [0.15, 0.2) is 78.9 Å². The lowest BCUT2D eigenvalue weighted by Gasteiger charge is -2.35. The molecule has 3 amide bonds. The molecule has 2 saturated heterocycles. The summed E-state index contributed by atoms with van der Waals surface area (Å²) in [5.74, 6) is -3.15. The Kier molecular flexibility index (Phi) is 8.71. The molecule has 0 unspecified atom stereocenters. The minimum absolute atomic E-state index is 0.0973. The summed E-state index contributed by atoms with van der Waals surface area (Å²) < 4.78 is 18.2. The molecule has 1 N–H and O–H groups in total. The van der Waals surface area contributed by atoms with E-state index in [1.807, 2.05) is 37.3 Å². The smallest absolute Gasteiger partial charge is 0.313 e. The van der Waals surface area contributed by atoms with Crippen LogP contribution >= 0.6 is 0 Å². The largest absolute Gasteiger partial charge is 0.497 e. The quantitative estimate of drug-likeness (QED) is 0.396. The number of fused-ring (bicyclic) bond motifs is 2. The van der Waals surface area contributed by atoms with Crippen molar-refractivity contribution in [1.29, 1.82) is 0 Å². The number of esters is 1. The number of allylic oxidation sites excluding steroid dienone is 1. The fraction of sp³-hybridized carbons (Fsp3) is 0.429. The van der Waals surface area contributed by atoms with Crippen LogP contribution in [-0.2, 0) is 28.7 Å². The first-order valence-electron chi connectivity index (χ1n) is 15.6. The minimum Gasteiger partial charge on any atom is -0.497 e. The zero-order valence-corrected chi connectivity index (χ0v) is 26.2. The number of β-amino-alcohol motifs (C(OH)–C–C–N with tert-alkyl or cyclic N) is 1. The van der Waals surface area contributed by atoms with E-state index in [9.17, 15) is 24.3 Å². The van der Waals surface area contributed by atoms with Crippen LogP contribution in [0.25, 0.3) is 0 Å². The van der Waals surface area contributed by atoms with E-state index in [0.717, 1.165) is 0 Å². The minimum atomic E-state index is -1.50. The number of carbonyl (C=O) groups is 4. The van der Waals surface area contributed by atoms with E-state index in [0.29, 0.717) is 23.4 Å². The summed E-state index contributed by atoms with van der Waals surface area (Å²) in [6, 6.07) is 14.6. The Labute approximate surface area is 268 Å². The molecule has 0 aliphatic carbocycles. The van der Waals surface area contributed by atoms with E-state index in [1.54, 1.807) is 72.5 Å². The number of nitrogens with zero attached hydrogens (tertiary/aromatic N) is 3. The number of benzene rings is 2. The second kappa shape index (κ2) is 12.7. The monoisotopic (exact) mass is 629 g/mol. The highest BCUT2D eigenvalue weighted by Crippen LogP contribution is 2.53. The summed E-state index contributed by atoms with van der Waals surface area (Å²) in [6.07, 6.45) is 5.94. The molecule has 11 heteroatoms. The standard InChI is InChI=1S/C35H39N3O8/c1-22-30(23-10-5-4-6-11-23)45-34(43)28-26(12-7-8-13-27(40)36(22)2)46-35-18-9-19-37(24-14-16-25(44-3)17-15-24)33(42)31(35)38(20-21-39)32(41)29(28)35/h4-7,9-12,14-18,22,26,28-31,39H,8,13,19-21H2,1-3H3/b12-7-/t22-,26-,28+,29+,30+,31-,35+/m1/s1. The van der Waals surface area contributed by atoms with Crippen LogP contribution in [0.1, 0.15) is 31.4 Å². The van der Waals surface area contributed by atoms with Crippen LogP contribution in [-0.4, -0.2) is 96.2 Å². The fourth-order valence-corrected chi connectivity index (χ4v) is 7.23. The summed E-state index contributed by atoms with van der Waals surface area (Å²) in [6.45, 7) is 1.55. The molecule has 242 valence electrons. The zero-order chi connectivity index (χ0) is 32.6. The van der Waals surface area contributed by atoms with E-state index < -0.39 is 59.5 Å². The van der Waals surface area contributed by atoms with Crippen molar-refractivity contribution in [3.8, 4) is 5.75 Å². The second-order valence-electron chi connectivity index (χ2n) is 12.1. The molecule has 0 saturated carbocycles. The highest BCUT2D eigenvalue weighted by molar-refractivity contribution is 6.05. The molecule has 0 radical (unpaired) electrons. The van der Waals surface area contributed by atoms with E-state index >= 15 is 0 Å². The van der Waals surface area contributed by atoms with Gasteiger partial charge in [0.25, 0.3) is 5.91 Å². The van der Waals surface area contributed by atoms with Crippen LogP contribution < -0.4 is 9.64 Å². The molecule has 4 aliphatic heterocycles. The highest BCUT2D eigenvalue weighted by atomic mass is 16.6. The van der Waals surface area contributed by atoms with Crippen LogP contribution in [0.5, 0.6) is 5.75 Å². The summed E-state index contributed by atoms with van der Waals surface area (Å²) >= 11 is 0. The van der Waals surface area contributed by atoms with Crippen molar-refractivity contribution in [3.63, 3.8) is 0 Å². The molecule has 11 nitrogen and oxygen atoms in total. The van der Waals surface area contributed by atoms with Crippen molar-refractivity contribution in [3.05, 3.63) is 84.5 Å². The Bertz CT molecular complexity index is 1540. The van der Waals surface area contributed by atoms with Crippen molar-refractivity contribution < 1.29 is 38.5 Å². The van der Waals surface area contributed by atoms with E-state index in [4.69, 9.17) is 14.2 Å². The molecule has 0 bridgehead atoms. The maximum absolute atomic E-state index is 14.4. The Morgan fingerprint density at radius 1 is 1.00 bits per heavy atom. The van der Waals surface area contributed by atoms with Crippen molar-refractivity contribution in [2.45, 2.75) is 49.7 Å². The maximum Gasteiger partial charge on any atom is 0.313 e. The van der Waals surface area contributed by atoms with Crippen LogP contribution in [0.2, 0.25) is 0 Å². The molecule has 46 heavy (non-hydrogen) atoms. The third-order valence-corrected chi connectivity index (χ3v) is 9.66. The van der Waals surface area contributed by atoms with Gasteiger partial charge in [0.1, 0.15) is 29.4 Å². The average molecular weight is 630 g/mol. The Balaban J connectivity index is 1.43. The van der Waals surface area contributed by atoms with Gasteiger partial charge in [-0.3, -0.25) is 19.2 Å². The number of ether oxygens (including phenoxy) is 3. The van der Waals surface area contributed by atoms with Crippen LogP contribution in [0, 0.1) is 11.8 Å². The molecule has 6 rings (SSSR count). The van der Waals surface area contributed by atoms with Crippen molar-refractivity contribution in [1.82, 2.24) is 9.80 Å². The van der Waals surface area contributed by atoms with Gasteiger partial charge in [0.05, 0.1) is 31.8 Å². The number of likely N-dealkylation sites (N-methyl/N-ethyl adjacent to an activating group) is 1. The van der Waals surface area contributed by atoms with Gasteiger partial charge in [-0.25, -0.2) is 0 Å². The number of amides is 3. The number of methoxy groups -OCH3 is 1. The highest BCUT2D eigenvalue weighted by Gasteiger charge is 2.71. The average Bonchev–Trinajstić information content (AvgIpc) is 3.45. The molecular formula is C35H39N3O8. The first kappa shape index (κ1) is 31.5. The van der Waals surface area contributed by atoms with Crippen LogP contribution in [0.4, 0.5) is 5.69 Å². The summed E-state index contributed by atoms with van der Waals surface area (Å²) in [4.78, 5) is 60.7. The third-order valence-electron chi connectivity index (χ3n) is 9.66. The normalized spacial score (nSPS) is 32.1. The number of anilines is 1. The summed E-state index contributed by atoms with van der Waals surface area (Å²) in [7, 11) is 3.25. The van der Waals surface area contributed by atoms with Gasteiger partial charge < -0.3 is 34.0 Å². The van der Waals surface area contributed by atoms with Gasteiger partial charge in [0.15, 0.2) is 0 Å². The van der Waals surface area contributed by atoms with E-state index in [-0.39, 0.29) is 32.0 Å². The first-order chi connectivity index (χ1) is 22.2. The van der Waals surface area contributed by atoms with Crippen molar-refractivity contribution in [2.75, 3.05) is 38.8 Å². The van der Waals surface area contributed by atoms with E-state index in [1.165, 1.54) is 4.90 Å². The van der Waals surface area contributed by atoms with E-state index in [2.05, 4.69) is 0 Å². The van der Waals surface area contributed by atoms with Crippen molar-refractivity contribution >= 4 is 29.4 Å². The number of hydrogen-bond donors (Lipinski definition) is 1. The lowest BCUT2D eigenvalue weighted by atomic mass is 9.77. The van der Waals surface area contributed by atoms with Gasteiger partial charge in [-0.1, -0.05) is 54.6 Å². The topological polar surface area (TPSA) is 126 Å². The lowest BCUT2D eigenvalue weighted by molar-refractivity contribution is -0.164. The predicted molar refractivity (Wildman–Crippen MR) is 168 cm³/mol. The van der Waals surface area contributed by atoms with Gasteiger partial charge in [0.2, 0.25) is 11.8 Å². The molecular weight excluding hydrogens is 590 g/mol. The summed E-state index contributed by atoms with van der Waals surface area (Å²) in [5, 5.41) is 10.00. The Hall–Kier alpha value is -4.48. The number of carbonyl (C=O) groups excluding carboxylic acids is 4. The molecule has 4 heterocycles. The third kappa shape index (κ3) is 5.27. The maximum atomic E-state index is 14.4. The van der Waals surface area contributed by atoms with Gasteiger partial charge in [0, 0.05) is 32.2 Å². The fourth-order valence-electron chi connectivity index (χ4n) is 7.23. The molecule has 1 spiro atoms. The van der Waals surface area contributed by atoms with Gasteiger partial charge in [-0.05, 0) is 43.2 Å². The van der Waals surface area contributed by atoms with Gasteiger partial charge >= 0.3 is 5.97 Å². The number of aliphatic hydroxyl groups excluding tert-OH is 1. The second-order valence-corrected chi connectivity index (χ2v) is 12.1. The number of rotatable bonds is 5. The first-order valence-corrected chi connectivity index (χ1v) is 15.6. The number of aliphatic hydroxyl groups is 1. The van der Waals surface area contributed by atoms with Crippen molar-refractivity contribution in [2.24, 2.45) is 11.8 Å². The molecule has 2 aromatic rings.